The average molecular weight is 403 g/mol. The minimum Gasteiger partial charge on any atom is -0.457 e. The van der Waals surface area contributed by atoms with Crippen LogP contribution in [-0.2, 0) is 13.0 Å². The second-order valence-corrected chi connectivity index (χ2v) is 8.09. The first-order valence-corrected chi connectivity index (χ1v) is 10.9. The molecular weight excluding hydrogens is 368 g/mol. The summed E-state index contributed by atoms with van der Waals surface area (Å²) in [5.74, 6) is 1.79. The zero-order chi connectivity index (χ0) is 21.2. The van der Waals surface area contributed by atoms with Gasteiger partial charge in [-0.3, -0.25) is 0 Å². The molecule has 0 aromatic heterocycles. The number of hydrogen-bond donors (Lipinski definition) is 2. The number of ether oxygens (including phenoxy) is 1. The van der Waals surface area contributed by atoms with Gasteiger partial charge in [-0.1, -0.05) is 48.0 Å². The quantitative estimate of drug-likeness (QED) is 0.403. The molecule has 0 aliphatic heterocycles. The third kappa shape index (κ3) is 7.66. The van der Waals surface area contributed by atoms with Gasteiger partial charge in [0.1, 0.15) is 11.5 Å². The fourth-order valence-electron chi connectivity index (χ4n) is 3.51. The van der Waals surface area contributed by atoms with E-state index in [2.05, 4.69) is 98.1 Å². The lowest BCUT2D eigenvalue weighted by Crippen LogP contribution is -2.27. The van der Waals surface area contributed by atoms with Gasteiger partial charge < -0.3 is 15.4 Å². The molecule has 0 unspecified atom stereocenters. The molecule has 158 valence electrons. The Kier molecular flexibility index (Phi) is 8.49. The Morgan fingerprint density at radius 2 is 1.23 bits per heavy atom. The third-order valence-corrected chi connectivity index (χ3v) is 5.10. The van der Waals surface area contributed by atoms with E-state index in [1.807, 2.05) is 0 Å². The molecule has 0 aliphatic carbocycles. The summed E-state index contributed by atoms with van der Waals surface area (Å²) in [5, 5.41) is 7.00. The summed E-state index contributed by atoms with van der Waals surface area (Å²) >= 11 is 0. The Bertz CT molecular complexity index is 881. The Hall–Kier alpha value is -2.62. The third-order valence-electron chi connectivity index (χ3n) is 5.10. The van der Waals surface area contributed by atoms with Crippen LogP contribution < -0.4 is 15.4 Å². The normalized spacial score (nSPS) is 10.9. The van der Waals surface area contributed by atoms with Gasteiger partial charge in [-0.2, -0.15) is 0 Å². The van der Waals surface area contributed by atoms with Crippen molar-refractivity contribution in [2.24, 2.45) is 0 Å². The van der Waals surface area contributed by atoms with Gasteiger partial charge in [0.2, 0.25) is 0 Å². The van der Waals surface area contributed by atoms with Crippen LogP contribution in [0.4, 0.5) is 0 Å². The molecular formula is C27H34N2O. The molecule has 0 atom stereocenters. The Balaban J connectivity index is 1.28. The Morgan fingerprint density at radius 1 is 0.600 bits per heavy atom. The number of hydrogen-bond acceptors (Lipinski definition) is 3. The van der Waals surface area contributed by atoms with Crippen LogP contribution in [0.1, 0.15) is 34.2 Å². The summed E-state index contributed by atoms with van der Waals surface area (Å²) in [5.41, 5.74) is 6.44. The lowest BCUT2D eigenvalue weighted by atomic mass is 10.1. The fourth-order valence-corrected chi connectivity index (χ4v) is 3.51. The number of benzene rings is 3. The molecule has 3 aromatic rings. The van der Waals surface area contributed by atoms with Crippen molar-refractivity contribution in [1.82, 2.24) is 10.6 Å². The SMILES string of the molecule is Cc1ccc(CNCCNCCCc2ccc(Oc3cc(C)cc(C)c3)cc2)cc1. The van der Waals surface area contributed by atoms with Gasteiger partial charge in [-0.05, 0) is 86.7 Å². The van der Waals surface area contributed by atoms with E-state index in [0.29, 0.717) is 0 Å². The highest BCUT2D eigenvalue weighted by atomic mass is 16.5. The maximum Gasteiger partial charge on any atom is 0.127 e. The van der Waals surface area contributed by atoms with Crippen molar-refractivity contribution in [2.75, 3.05) is 19.6 Å². The van der Waals surface area contributed by atoms with Crippen molar-refractivity contribution in [2.45, 2.75) is 40.2 Å². The van der Waals surface area contributed by atoms with Crippen LogP contribution in [0.3, 0.4) is 0 Å². The van der Waals surface area contributed by atoms with Crippen molar-refractivity contribution in [3.63, 3.8) is 0 Å². The summed E-state index contributed by atoms with van der Waals surface area (Å²) < 4.78 is 5.99. The highest BCUT2D eigenvalue weighted by Crippen LogP contribution is 2.24. The number of rotatable bonds is 11. The molecule has 0 saturated heterocycles. The van der Waals surface area contributed by atoms with Gasteiger partial charge in [-0.15, -0.1) is 0 Å². The maximum atomic E-state index is 5.99. The molecule has 30 heavy (non-hydrogen) atoms. The predicted molar refractivity (Wildman–Crippen MR) is 127 cm³/mol. The molecule has 3 heteroatoms. The van der Waals surface area contributed by atoms with E-state index in [0.717, 1.165) is 50.5 Å². The summed E-state index contributed by atoms with van der Waals surface area (Å²) in [4.78, 5) is 0. The van der Waals surface area contributed by atoms with Crippen molar-refractivity contribution >= 4 is 0 Å². The van der Waals surface area contributed by atoms with Crippen molar-refractivity contribution < 1.29 is 4.74 Å². The minimum absolute atomic E-state index is 0.890. The number of nitrogens with one attached hydrogen (secondary N) is 2. The van der Waals surface area contributed by atoms with E-state index >= 15 is 0 Å². The average Bonchev–Trinajstić information content (AvgIpc) is 2.72. The van der Waals surface area contributed by atoms with E-state index in [1.165, 1.54) is 27.8 Å². The molecule has 3 nitrogen and oxygen atoms in total. The zero-order valence-corrected chi connectivity index (χ0v) is 18.5. The standard InChI is InChI=1S/C27H34N2O/c1-21-6-8-25(9-7-21)20-29-16-15-28-14-4-5-24-10-12-26(13-11-24)30-27-18-22(2)17-23(3)19-27/h6-13,17-19,28-29H,4-5,14-16,20H2,1-3H3. The van der Waals surface area contributed by atoms with Crippen LogP contribution >= 0.6 is 0 Å². The van der Waals surface area contributed by atoms with Crippen molar-refractivity contribution in [3.05, 3.63) is 94.5 Å². The largest absolute Gasteiger partial charge is 0.457 e. The first-order chi connectivity index (χ1) is 14.6. The predicted octanol–water partition coefficient (Wildman–Crippen LogP) is 5.72. The van der Waals surface area contributed by atoms with E-state index in [9.17, 15) is 0 Å². The van der Waals surface area contributed by atoms with Gasteiger partial charge in [0.15, 0.2) is 0 Å². The summed E-state index contributed by atoms with van der Waals surface area (Å²) in [7, 11) is 0. The van der Waals surface area contributed by atoms with Crippen LogP contribution in [0.25, 0.3) is 0 Å². The highest BCUT2D eigenvalue weighted by Gasteiger charge is 2.01. The lowest BCUT2D eigenvalue weighted by Gasteiger charge is -2.09. The van der Waals surface area contributed by atoms with Gasteiger partial charge in [0.05, 0.1) is 0 Å². The zero-order valence-electron chi connectivity index (χ0n) is 18.5. The van der Waals surface area contributed by atoms with E-state index in [4.69, 9.17) is 4.74 Å². The summed E-state index contributed by atoms with van der Waals surface area (Å²) in [6.45, 7) is 10.3. The van der Waals surface area contributed by atoms with Gasteiger partial charge in [0.25, 0.3) is 0 Å². The van der Waals surface area contributed by atoms with Crippen LogP contribution in [0.2, 0.25) is 0 Å². The monoisotopic (exact) mass is 402 g/mol. The number of aryl methyl sites for hydroxylation is 4. The molecule has 0 heterocycles. The van der Waals surface area contributed by atoms with E-state index in [1.54, 1.807) is 0 Å². The molecule has 0 aliphatic rings. The molecule has 0 fully saturated rings. The van der Waals surface area contributed by atoms with E-state index < -0.39 is 0 Å². The Morgan fingerprint density at radius 3 is 1.93 bits per heavy atom. The maximum absolute atomic E-state index is 5.99. The fraction of sp³-hybridized carbons (Fsp3) is 0.333. The molecule has 0 amide bonds. The molecule has 0 bridgehead atoms. The van der Waals surface area contributed by atoms with Crippen LogP contribution in [0.5, 0.6) is 11.5 Å². The topological polar surface area (TPSA) is 33.3 Å². The molecule has 0 spiro atoms. The second-order valence-electron chi connectivity index (χ2n) is 8.09. The minimum atomic E-state index is 0.890. The van der Waals surface area contributed by atoms with Gasteiger partial charge in [-0.25, -0.2) is 0 Å². The van der Waals surface area contributed by atoms with Crippen molar-refractivity contribution in [3.8, 4) is 11.5 Å². The van der Waals surface area contributed by atoms with E-state index in [-0.39, 0.29) is 0 Å². The lowest BCUT2D eigenvalue weighted by molar-refractivity contribution is 0.481. The molecule has 2 N–H and O–H groups in total. The van der Waals surface area contributed by atoms with Crippen LogP contribution in [-0.4, -0.2) is 19.6 Å². The van der Waals surface area contributed by atoms with Gasteiger partial charge in [0, 0.05) is 19.6 Å². The molecule has 3 aromatic carbocycles. The van der Waals surface area contributed by atoms with Crippen LogP contribution in [0.15, 0.2) is 66.7 Å². The molecule has 3 rings (SSSR count). The van der Waals surface area contributed by atoms with Crippen LogP contribution in [0, 0.1) is 20.8 Å². The molecule has 0 radical (unpaired) electrons. The first-order valence-electron chi connectivity index (χ1n) is 10.9. The first kappa shape index (κ1) is 22.1. The van der Waals surface area contributed by atoms with Gasteiger partial charge >= 0.3 is 0 Å². The second kappa shape index (κ2) is 11.5. The van der Waals surface area contributed by atoms with Crippen molar-refractivity contribution in [1.29, 1.82) is 0 Å². The molecule has 0 saturated carbocycles. The highest BCUT2D eigenvalue weighted by molar-refractivity contribution is 5.37. The smallest absolute Gasteiger partial charge is 0.127 e. The Labute approximate surface area is 181 Å². The summed E-state index contributed by atoms with van der Waals surface area (Å²) in [6.07, 6.45) is 2.21. The summed E-state index contributed by atoms with van der Waals surface area (Å²) in [6, 6.07) is 23.5.